The van der Waals surface area contributed by atoms with Crippen LogP contribution in [0.3, 0.4) is 0 Å². The van der Waals surface area contributed by atoms with Crippen LogP contribution in [-0.2, 0) is 11.3 Å². The molecule has 0 amide bonds. The molecule has 0 atom stereocenters. The molecule has 0 heterocycles. The lowest BCUT2D eigenvalue weighted by Gasteiger charge is -2.05. The third-order valence-electron chi connectivity index (χ3n) is 2.10. The van der Waals surface area contributed by atoms with Gasteiger partial charge in [0, 0.05) is 6.54 Å². The van der Waals surface area contributed by atoms with E-state index in [2.05, 4.69) is 12.2 Å². The molecule has 0 fully saturated rings. The van der Waals surface area contributed by atoms with E-state index in [0.29, 0.717) is 18.8 Å². The highest BCUT2D eigenvalue weighted by Gasteiger charge is 2.02. The van der Waals surface area contributed by atoms with E-state index in [1.807, 2.05) is 0 Å². The van der Waals surface area contributed by atoms with Gasteiger partial charge in [0.25, 0.3) is 0 Å². The van der Waals surface area contributed by atoms with E-state index in [-0.39, 0.29) is 0 Å². The maximum absolute atomic E-state index is 12.8. The van der Waals surface area contributed by atoms with Gasteiger partial charge in [0.2, 0.25) is 0 Å². The molecule has 0 saturated heterocycles. The second-order valence-corrected chi connectivity index (χ2v) is 3.55. The van der Waals surface area contributed by atoms with Gasteiger partial charge < -0.3 is 10.1 Å². The van der Waals surface area contributed by atoms with E-state index in [1.165, 1.54) is 6.07 Å². The van der Waals surface area contributed by atoms with Crippen LogP contribution < -0.4 is 5.32 Å². The minimum atomic E-state index is -0.829. The lowest BCUT2D eigenvalue weighted by Crippen LogP contribution is -2.20. The highest BCUT2D eigenvalue weighted by Crippen LogP contribution is 2.09. The van der Waals surface area contributed by atoms with Gasteiger partial charge in [0.05, 0.1) is 13.2 Å². The maximum atomic E-state index is 12.8. The summed E-state index contributed by atoms with van der Waals surface area (Å²) < 4.78 is 30.7. The summed E-state index contributed by atoms with van der Waals surface area (Å²) in [4.78, 5) is 0. The zero-order valence-electron chi connectivity index (χ0n) is 9.43. The van der Waals surface area contributed by atoms with Crippen LogP contribution in [0.4, 0.5) is 8.78 Å². The molecule has 0 unspecified atom stereocenters. The zero-order valence-corrected chi connectivity index (χ0v) is 9.43. The standard InChI is InChI=1S/C12H17F2NO/c1-2-5-15-6-7-16-9-10-3-4-11(13)12(14)8-10/h3-4,8,15H,2,5-7,9H2,1H3. The fourth-order valence-electron chi connectivity index (χ4n) is 1.27. The number of nitrogens with one attached hydrogen (secondary N) is 1. The predicted molar refractivity (Wildman–Crippen MR) is 59.2 cm³/mol. The Morgan fingerprint density at radius 1 is 1.19 bits per heavy atom. The zero-order chi connectivity index (χ0) is 11.8. The van der Waals surface area contributed by atoms with Crippen LogP contribution in [0.1, 0.15) is 18.9 Å². The first kappa shape index (κ1) is 13.1. The van der Waals surface area contributed by atoms with Crippen molar-refractivity contribution in [1.29, 1.82) is 0 Å². The van der Waals surface area contributed by atoms with Gasteiger partial charge in [-0.3, -0.25) is 0 Å². The van der Waals surface area contributed by atoms with Gasteiger partial charge in [-0.1, -0.05) is 13.0 Å². The summed E-state index contributed by atoms with van der Waals surface area (Å²) in [6.07, 6.45) is 1.09. The van der Waals surface area contributed by atoms with Gasteiger partial charge in [-0.15, -0.1) is 0 Å². The molecule has 0 saturated carbocycles. The molecule has 0 aliphatic rings. The molecule has 0 aliphatic carbocycles. The number of hydrogen-bond donors (Lipinski definition) is 1. The van der Waals surface area contributed by atoms with Crippen molar-refractivity contribution < 1.29 is 13.5 Å². The quantitative estimate of drug-likeness (QED) is 0.725. The summed E-state index contributed by atoms with van der Waals surface area (Å²) in [5.41, 5.74) is 0.648. The molecule has 4 heteroatoms. The second-order valence-electron chi connectivity index (χ2n) is 3.55. The van der Waals surface area contributed by atoms with Crippen LogP contribution in [0.5, 0.6) is 0 Å². The molecule has 2 nitrogen and oxygen atoms in total. The van der Waals surface area contributed by atoms with E-state index in [0.717, 1.165) is 31.6 Å². The lowest BCUT2D eigenvalue weighted by molar-refractivity contribution is 0.122. The van der Waals surface area contributed by atoms with E-state index >= 15 is 0 Å². The van der Waals surface area contributed by atoms with Crippen LogP contribution in [0.25, 0.3) is 0 Å². The number of hydrogen-bond acceptors (Lipinski definition) is 2. The highest BCUT2D eigenvalue weighted by atomic mass is 19.2. The van der Waals surface area contributed by atoms with Crippen molar-refractivity contribution in [3.8, 4) is 0 Å². The first-order chi connectivity index (χ1) is 7.74. The van der Waals surface area contributed by atoms with Crippen LogP contribution in [0.15, 0.2) is 18.2 Å². The molecular formula is C12H17F2NO. The highest BCUT2D eigenvalue weighted by molar-refractivity contribution is 5.16. The predicted octanol–water partition coefficient (Wildman–Crippen LogP) is 2.48. The lowest BCUT2D eigenvalue weighted by atomic mass is 10.2. The molecule has 1 rings (SSSR count). The molecular weight excluding hydrogens is 212 g/mol. The van der Waals surface area contributed by atoms with Crippen molar-refractivity contribution in [1.82, 2.24) is 5.32 Å². The first-order valence-electron chi connectivity index (χ1n) is 5.46. The molecule has 0 spiro atoms. The largest absolute Gasteiger partial charge is 0.375 e. The maximum Gasteiger partial charge on any atom is 0.159 e. The molecule has 90 valence electrons. The normalized spacial score (nSPS) is 10.7. The molecule has 0 bridgehead atoms. The minimum absolute atomic E-state index is 0.311. The minimum Gasteiger partial charge on any atom is -0.375 e. The Labute approximate surface area is 94.6 Å². The van der Waals surface area contributed by atoms with Gasteiger partial charge in [-0.05, 0) is 30.7 Å². The van der Waals surface area contributed by atoms with Crippen LogP contribution in [0, 0.1) is 11.6 Å². The summed E-state index contributed by atoms with van der Waals surface area (Å²) in [5.74, 6) is -1.65. The third kappa shape index (κ3) is 4.68. The molecule has 1 N–H and O–H groups in total. The number of rotatable bonds is 7. The molecule has 0 aromatic heterocycles. The van der Waals surface area contributed by atoms with Crippen molar-refractivity contribution in [2.24, 2.45) is 0 Å². The Hall–Kier alpha value is -1.00. The number of benzene rings is 1. The molecule has 16 heavy (non-hydrogen) atoms. The van der Waals surface area contributed by atoms with E-state index in [1.54, 1.807) is 0 Å². The Bertz CT molecular complexity index is 318. The van der Waals surface area contributed by atoms with Crippen molar-refractivity contribution in [3.05, 3.63) is 35.4 Å². The topological polar surface area (TPSA) is 21.3 Å². The Balaban J connectivity index is 2.19. The van der Waals surface area contributed by atoms with Crippen molar-refractivity contribution >= 4 is 0 Å². The monoisotopic (exact) mass is 229 g/mol. The smallest absolute Gasteiger partial charge is 0.159 e. The summed E-state index contributed by atoms with van der Waals surface area (Å²) in [6.45, 7) is 4.71. The second kappa shape index (κ2) is 7.30. The van der Waals surface area contributed by atoms with E-state index in [9.17, 15) is 8.78 Å². The Morgan fingerprint density at radius 2 is 2.00 bits per heavy atom. The van der Waals surface area contributed by atoms with Crippen molar-refractivity contribution in [2.45, 2.75) is 20.0 Å². The van der Waals surface area contributed by atoms with Gasteiger partial charge in [-0.25, -0.2) is 8.78 Å². The average molecular weight is 229 g/mol. The van der Waals surface area contributed by atoms with Crippen LogP contribution in [0.2, 0.25) is 0 Å². The van der Waals surface area contributed by atoms with Gasteiger partial charge in [0.1, 0.15) is 0 Å². The molecule has 1 aromatic rings. The summed E-state index contributed by atoms with van der Waals surface area (Å²) >= 11 is 0. The summed E-state index contributed by atoms with van der Waals surface area (Å²) in [6, 6.07) is 3.80. The fourth-order valence-corrected chi connectivity index (χ4v) is 1.27. The Morgan fingerprint density at radius 3 is 2.69 bits per heavy atom. The van der Waals surface area contributed by atoms with Crippen LogP contribution >= 0.6 is 0 Å². The number of halogens is 2. The van der Waals surface area contributed by atoms with E-state index in [4.69, 9.17) is 4.74 Å². The first-order valence-corrected chi connectivity index (χ1v) is 5.46. The average Bonchev–Trinajstić information content (AvgIpc) is 2.28. The summed E-state index contributed by atoms with van der Waals surface area (Å²) in [5, 5.41) is 3.18. The van der Waals surface area contributed by atoms with Crippen molar-refractivity contribution in [2.75, 3.05) is 19.7 Å². The Kier molecular flexibility index (Phi) is 5.96. The van der Waals surface area contributed by atoms with Gasteiger partial charge >= 0.3 is 0 Å². The van der Waals surface area contributed by atoms with Gasteiger partial charge in [0.15, 0.2) is 11.6 Å². The molecule has 0 aliphatic heterocycles. The summed E-state index contributed by atoms with van der Waals surface area (Å²) in [7, 11) is 0. The SMILES string of the molecule is CCCNCCOCc1ccc(F)c(F)c1. The van der Waals surface area contributed by atoms with Crippen LogP contribution in [-0.4, -0.2) is 19.7 Å². The third-order valence-corrected chi connectivity index (χ3v) is 2.10. The van der Waals surface area contributed by atoms with Gasteiger partial charge in [-0.2, -0.15) is 0 Å². The number of ether oxygens (including phenoxy) is 1. The van der Waals surface area contributed by atoms with Crippen molar-refractivity contribution in [3.63, 3.8) is 0 Å². The fraction of sp³-hybridized carbons (Fsp3) is 0.500. The molecule has 0 radical (unpaired) electrons. The van der Waals surface area contributed by atoms with E-state index < -0.39 is 11.6 Å². The molecule has 1 aromatic carbocycles.